The van der Waals surface area contributed by atoms with E-state index in [0.29, 0.717) is 19.0 Å². The lowest BCUT2D eigenvalue weighted by Gasteiger charge is -2.10. The van der Waals surface area contributed by atoms with Gasteiger partial charge in [-0.05, 0) is 13.0 Å². The maximum atomic E-state index is 11.3. The molecule has 1 saturated heterocycles. The first-order valence-corrected chi connectivity index (χ1v) is 5.46. The second-order valence-corrected chi connectivity index (χ2v) is 3.94. The van der Waals surface area contributed by atoms with Gasteiger partial charge < -0.3 is 14.8 Å². The van der Waals surface area contributed by atoms with E-state index >= 15 is 0 Å². The van der Waals surface area contributed by atoms with Gasteiger partial charge >= 0.3 is 12.0 Å². The summed E-state index contributed by atoms with van der Waals surface area (Å²) in [4.78, 5) is 19.5. The zero-order valence-electron chi connectivity index (χ0n) is 9.84. The van der Waals surface area contributed by atoms with Crippen molar-refractivity contribution in [1.82, 2.24) is 15.3 Å². The summed E-state index contributed by atoms with van der Waals surface area (Å²) < 4.78 is 10.3. The predicted molar refractivity (Wildman–Crippen MR) is 59.6 cm³/mol. The minimum Gasteiger partial charge on any atom is -0.468 e. The Morgan fingerprint density at radius 1 is 1.59 bits per heavy atom. The van der Waals surface area contributed by atoms with Crippen LogP contribution in [0.2, 0.25) is 0 Å². The number of hydrogen-bond donors (Lipinski definition) is 1. The van der Waals surface area contributed by atoms with E-state index in [9.17, 15) is 4.79 Å². The molecule has 6 nitrogen and oxygen atoms in total. The van der Waals surface area contributed by atoms with Crippen molar-refractivity contribution in [3.05, 3.63) is 18.0 Å². The van der Waals surface area contributed by atoms with Crippen LogP contribution in [0.15, 0.2) is 12.3 Å². The van der Waals surface area contributed by atoms with Crippen LogP contribution >= 0.6 is 0 Å². The van der Waals surface area contributed by atoms with Gasteiger partial charge in [0.25, 0.3) is 0 Å². The van der Waals surface area contributed by atoms with Crippen molar-refractivity contribution < 1.29 is 14.3 Å². The summed E-state index contributed by atoms with van der Waals surface area (Å²) in [6.45, 7) is 2.47. The number of methoxy groups -OCH3 is 1. The van der Waals surface area contributed by atoms with Crippen molar-refractivity contribution >= 4 is 5.97 Å². The second-order valence-electron chi connectivity index (χ2n) is 3.94. The fourth-order valence-electron chi connectivity index (χ4n) is 1.75. The molecule has 0 amide bonds. The third-order valence-corrected chi connectivity index (χ3v) is 2.62. The second kappa shape index (κ2) is 5.09. The molecule has 2 atom stereocenters. The number of hydrogen-bond acceptors (Lipinski definition) is 6. The fourth-order valence-corrected chi connectivity index (χ4v) is 1.75. The summed E-state index contributed by atoms with van der Waals surface area (Å²) >= 11 is 0. The van der Waals surface area contributed by atoms with Gasteiger partial charge in [-0.15, -0.1) is 0 Å². The molecule has 1 aromatic heterocycles. The predicted octanol–water partition coefficient (Wildman–Crippen LogP) is 0.0673. The summed E-state index contributed by atoms with van der Waals surface area (Å²) in [5.41, 5.74) is 0.852. The van der Waals surface area contributed by atoms with E-state index < -0.39 is 0 Å². The number of carbonyl (C=O) groups is 1. The maximum absolute atomic E-state index is 11.3. The van der Waals surface area contributed by atoms with Gasteiger partial charge in [0.1, 0.15) is 12.1 Å². The first-order chi connectivity index (χ1) is 8.19. The van der Waals surface area contributed by atoms with Crippen molar-refractivity contribution in [2.75, 3.05) is 13.7 Å². The molecule has 0 spiro atoms. The van der Waals surface area contributed by atoms with Gasteiger partial charge in [-0.3, -0.25) is 4.79 Å². The molecule has 1 aromatic rings. The standard InChI is InChI=1S/C11H15N3O3/c1-7-3-4-12-11(14-7)17-8-5-9(13-6-8)10(15)16-2/h3-4,8-9,13H,5-6H2,1-2H3. The highest BCUT2D eigenvalue weighted by Crippen LogP contribution is 2.14. The molecule has 2 rings (SSSR count). The molecule has 1 N–H and O–H groups in total. The third kappa shape index (κ3) is 2.91. The van der Waals surface area contributed by atoms with E-state index in [1.54, 1.807) is 12.3 Å². The molecule has 0 bridgehead atoms. The smallest absolute Gasteiger partial charge is 0.323 e. The minimum absolute atomic E-state index is 0.0964. The highest BCUT2D eigenvalue weighted by Gasteiger charge is 2.31. The van der Waals surface area contributed by atoms with E-state index in [-0.39, 0.29) is 18.1 Å². The monoisotopic (exact) mass is 237 g/mol. The van der Waals surface area contributed by atoms with E-state index in [1.807, 2.05) is 6.92 Å². The van der Waals surface area contributed by atoms with Gasteiger partial charge in [0.2, 0.25) is 0 Å². The Kier molecular flexibility index (Phi) is 3.53. The molecular formula is C11H15N3O3. The normalized spacial score (nSPS) is 23.4. The molecule has 0 aromatic carbocycles. The lowest BCUT2D eigenvalue weighted by molar-refractivity contribution is -0.142. The topological polar surface area (TPSA) is 73.3 Å². The number of nitrogens with one attached hydrogen (secondary N) is 1. The summed E-state index contributed by atoms with van der Waals surface area (Å²) in [7, 11) is 1.38. The van der Waals surface area contributed by atoms with Crippen LogP contribution in [0, 0.1) is 6.92 Å². The Balaban J connectivity index is 1.92. The maximum Gasteiger partial charge on any atom is 0.323 e. The summed E-state index contributed by atoms with van der Waals surface area (Å²) in [5.74, 6) is -0.263. The molecule has 0 saturated carbocycles. The fraction of sp³-hybridized carbons (Fsp3) is 0.545. The lowest BCUT2D eigenvalue weighted by atomic mass is 10.2. The van der Waals surface area contributed by atoms with Gasteiger partial charge in [-0.2, -0.15) is 0 Å². The number of aromatic nitrogens is 2. The van der Waals surface area contributed by atoms with Crippen molar-refractivity contribution in [3.63, 3.8) is 0 Å². The molecule has 1 aliphatic rings. The van der Waals surface area contributed by atoms with Gasteiger partial charge in [0.05, 0.1) is 7.11 Å². The first kappa shape index (κ1) is 11.8. The van der Waals surface area contributed by atoms with Crippen molar-refractivity contribution in [2.45, 2.75) is 25.5 Å². The quantitative estimate of drug-likeness (QED) is 0.750. The van der Waals surface area contributed by atoms with Gasteiger partial charge in [0, 0.05) is 24.9 Å². The Morgan fingerprint density at radius 2 is 2.41 bits per heavy atom. The van der Waals surface area contributed by atoms with Crippen LogP contribution in [0.25, 0.3) is 0 Å². The zero-order valence-corrected chi connectivity index (χ0v) is 9.84. The Bertz CT molecular complexity index is 411. The number of carbonyl (C=O) groups excluding carboxylic acids is 1. The number of esters is 1. The summed E-state index contributed by atoms with van der Waals surface area (Å²) in [6.07, 6.45) is 2.13. The Hall–Kier alpha value is -1.69. The molecule has 6 heteroatoms. The summed E-state index contributed by atoms with van der Waals surface area (Å²) in [6, 6.07) is 1.86. The van der Waals surface area contributed by atoms with Gasteiger partial charge in [0.15, 0.2) is 0 Å². The third-order valence-electron chi connectivity index (χ3n) is 2.62. The van der Waals surface area contributed by atoms with E-state index in [2.05, 4.69) is 20.0 Å². The molecule has 92 valence electrons. The molecule has 17 heavy (non-hydrogen) atoms. The molecule has 0 aliphatic carbocycles. The van der Waals surface area contributed by atoms with Crippen LogP contribution in [0.5, 0.6) is 6.01 Å². The number of nitrogens with zero attached hydrogens (tertiary/aromatic N) is 2. The van der Waals surface area contributed by atoms with Gasteiger partial charge in [-0.1, -0.05) is 0 Å². The van der Waals surface area contributed by atoms with Crippen LogP contribution < -0.4 is 10.1 Å². The largest absolute Gasteiger partial charge is 0.468 e. The van der Waals surface area contributed by atoms with Crippen LogP contribution in [0.3, 0.4) is 0 Å². The van der Waals surface area contributed by atoms with E-state index in [4.69, 9.17) is 4.74 Å². The van der Waals surface area contributed by atoms with Crippen molar-refractivity contribution in [1.29, 1.82) is 0 Å². The minimum atomic E-state index is -0.296. The van der Waals surface area contributed by atoms with E-state index in [0.717, 1.165) is 5.69 Å². The number of ether oxygens (including phenoxy) is 2. The Morgan fingerprint density at radius 3 is 3.12 bits per heavy atom. The highest BCUT2D eigenvalue weighted by atomic mass is 16.5. The van der Waals surface area contributed by atoms with Crippen LogP contribution in [0.4, 0.5) is 0 Å². The zero-order chi connectivity index (χ0) is 12.3. The summed E-state index contributed by atoms with van der Waals surface area (Å²) in [5, 5.41) is 3.04. The molecule has 0 radical (unpaired) electrons. The molecule has 2 unspecified atom stereocenters. The van der Waals surface area contributed by atoms with Crippen LogP contribution in [0.1, 0.15) is 12.1 Å². The number of aryl methyl sites for hydroxylation is 1. The van der Waals surface area contributed by atoms with Crippen LogP contribution in [-0.4, -0.2) is 41.7 Å². The van der Waals surface area contributed by atoms with Crippen molar-refractivity contribution in [3.8, 4) is 6.01 Å². The average Bonchev–Trinajstić information content (AvgIpc) is 2.76. The SMILES string of the molecule is COC(=O)C1CC(Oc2nccc(C)n2)CN1. The molecule has 1 aliphatic heterocycles. The van der Waals surface area contributed by atoms with Crippen LogP contribution in [-0.2, 0) is 9.53 Å². The van der Waals surface area contributed by atoms with Crippen molar-refractivity contribution in [2.24, 2.45) is 0 Å². The number of rotatable bonds is 3. The Labute approximate surface area is 99.4 Å². The molecule has 1 fully saturated rings. The first-order valence-electron chi connectivity index (χ1n) is 5.46. The average molecular weight is 237 g/mol. The lowest BCUT2D eigenvalue weighted by Crippen LogP contribution is -2.31. The highest BCUT2D eigenvalue weighted by molar-refractivity contribution is 5.76. The van der Waals surface area contributed by atoms with Gasteiger partial charge in [-0.25, -0.2) is 9.97 Å². The van der Waals surface area contributed by atoms with E-state index in [1.165, 1.54) is 7.11 Å². The molecular weight excluding hydrogens is 222 g/mol. The molecule has 2 heterocycles.